The summed E-state index contributed by atoms with van der Waals surface area (Å²) in [7, 11) is 1.76. The van der Waals surface area contributed by atoms with Crippen LogP contribution in [0.2, 0.25) is 0 Å². The predicted octanol–water partition coefficient (Wildman–Crippen LogP) is 2.75. The van der Waals surface area contributed by atoms with Crippen LogP contribution in [0.5, 0.6) is 5.75 Å². The maximum absolute atomic E-state index is 12.9. The van der Waals surface area contributed by atoms with Crippen LogP contribution in [-0.4, -0.2) is 37.5 Å². The molecule has 9 nitrogen and oxygen atoms in total. The summed E-state index contributed by atoms with van der Waals surface area (Å²) >= 11 is 0. The highest BCUT2D eigenvalue weighted by atomic mass is 16.5. The van der Waals surface area contributed by atoms with Gasteiger partial charge in [0.25, 0.3) is 5.56 Å². The molecule has 2 heterocycles. The van der Waals surface area contributed by atoms with E-state index in [2.05, 4.69) is 17.0 Å². The highest BCUT2D eigenvalue weighted by Gasteiger charge is 2.34. The number of aryl methyl sites for hydroxylation is 2. The molecule has 32 heavy (non-hydrogen) atoms. The Balaban J connectivity index is 1.69. The number of fused-ring (bicyclic) bond motifs is 1. The first-order chi connectivity index (χ1) is 15.4. The highest BCUT2D eigenvalue weighted by molar-refractivity contribution is 5.80. The van der Waals surface area contributed by atoms with Gasteiger partial charge in [-0.1, -0.05) is 19.4 Å². The van der Waals surface area contributed by atoms with Crippen molar-refractivity contribution in [2.45, 2.75) is 46.0 Å². The average molecular weight is 440 g/mol. The Morgan fingerprint density at radius 2 is 2.12 bits per heavy atom. The number of nitrogens with one attached hydrogen (secondary N) is 2. The molecular formula is C23H29N5O4. The normalized spacial score (nSPS) is 17.9. The topological polar surface area (TPSA) is 122 Å². The van der Waals surface area contributed by atoms with E-state index in [1.54, 1.807) is 17.2 Å². The summed E-state index contributed by atoms with van der Waals surface area (Å²) in [6.07, 6.45) is 3.94. The number of carbonyl (C=O) groups excluding carboxylic acids is 1. The molecule has 1 aliphatic rings. The van der Waals surface area contributed by atoms with E-state index < -0.39 is 0 Å². The lowest BCUT2D eigenvalue weighted by Gasteiger charge is -2.33. The molecule has 170 valence electrons. The second kappa shape index (κ2) is 9.12. The van der Waals surface area contributed by atoms with Crippen LogP contribution in [-0.2, 0) is 24.7 Å². The smallest absolute Gasteiger partial charge is 0.277 e. The van der Waals surface area contributed by atoms with Crippen molar-refractivity contribution in [2.24, 2.45) is 18.9 Å². The van der Waals surface area contributed by atoms with Gasteiger partial charge in [0.05, 0.1) is 17.9 Å². The number of aromatic nitrogens is 4. The fourth-order valence-corrected chi connectivity index (χ4v) is 4.49. The van der Waals surface area contributed by atoms with Gasteiger partial charge in [0.1, 0.15) is 17.1 Å². The van der Waals surface area contributed by atoms with Crippen molar-refractivity contribution in [3.63, 3.8) is 0 Å². The second-order valence-corrected chi connectivity index (χ2v) is 8.41. The van der Waals surface area contributed by atoms with Crippen LogP contribution >= 0.6 is 0 Å². The maximum atomic E-state index is 12.9. The van der Waals surface area contributed by atoms with E-state index in [0.717, 1.165) is 48.9 Å². The number of aromatic amines is 1. The number of amides is 1. The third kappa shape index (κ3) is 4.12. The summed E-state index contributed by atoms with van der Waals surface area (Å²) in [5.74, 6) is 1.04. The molecule has 1 saturated carbocycles. The van der Waals surface area contributed by atoms with E-state index in [9.17, 15) is 9.59 Å². The van der Waals surface area contributed by atoms with Crippen LogP contribution in [0.25, 0.3) is 22.4 Å². The minimum Gasteiger partial charge on any atom is -0.493 e. The van der Waals surface area contributed by atoms with Gasteiger partial charge in [-0.2, -0.15) is 5.10 Å². The van der Waals surface area contributed by atoms with Gasteiger partial charge in [0.15, 0.2) is 5.52 Å². The Bertz CT molecular complexity index is 1190. The molecule has 1 amide bonds. The summed E-state index contributed by atoms with van der Waals surface area (Å²) in [5, 5.41) is 13.3. The van der Waals surface area contributed by atoms with Gasteiger partial charge >= 0.3 is 0 Å². The van der Waals surface area contributed by atoms with Crippen molar-refractivity contribution in [3.05, 3.63) is 39.8 Å². The first-order valence-corrected chi connectivity index (χ1v) is 11.1. The predicted molar refractivity (Wildman–Crippen MR) is 120 cm³/mol. The fourth-order valence-electron chi connectivity index (χ4n) is 4.49. The molecule has 0 bridgehead atoms. The summed E-state index contributed by atoms with van der Waals surface area (Å²) in [6, 6.07) is 5.92. The van der Waals surface area contributed by atoms with Gasteiger partial charge < -0.3 is 9.72 Å². The molecule has 3 N–H and O–H groups in total. The quantitative estimate of drug-likeness (QED) is 0.366. The van der Waals surface area contributed by atoms with Crippen LogP contribution in [0.15, 0.2) is 23.0 Å². The zero-order valence-corrected chi connectivity index (χ0v) is 18.6. The Labute approximate surface area is 185 Å². The van der Waals surface area contributed by atoms with Crippen LogP contribution in [0.3, 0.4) is 0 Å². The minimum absolute atomic E-state index is 0.129. The van der Waals surface area contributed by atoms with Crippen molar-refractivity contribution in [1.82, 2.24) is 25.2 Å². The molecular weight excluding hydrogens is 410 g/mol. The monoisotopic (exact) mass is 439 g/mol. The van der Waals surface area contributed by atoms with E-state index in [4.69, 9.17) is 14.9 Å². The molecule has 1 fully saturated rings. The number of carbonyl (C=O) groups is 1. The van der Waals surface area contributed by atoms with E-state index in [-0.39, 0.29) is 17.4 Å². The van der Waals surface area contributed by atoms with Crippen molar-refractivity contribution in [1.29, 1.82) is 0 Å². The molecule has 9 heteroatoms. The molecule has 0 unspecified atom stereocenters. The van der Waals surface area contributed by atoms with Gasteiger partial charge in [-0.3, -0.25) is 19.5 Å². The van der Waals surface area contributed by atoms with Gasteiger partial charge in [-0.05, 0) is 56.2 Å². The lowest BCUT2D eigenvalue weighted by atomic mass is 9.72. The maximum Gasteiger partial charge on any atom is 0.277 e. The Morgan fingerprint density at radius 3 is 2.81 bits per heavy atom. The number of rotatable bonds is 8. The standard InChI is InChI=1S/C23H29N5O4/c1-4-6-17-19-20(28(3)26-17)23(30)25-21(24-19)16-12-13(7-8-18(16)32-5-2)9-14-10-15(11-14)22(29)27-31/h7-8,12,14-15,31H,4-6,9-11H2,1-3H3,(H,27,29)(H,24,25,30)/t14-,15-. The lowest BCUT2D eigenvalue weighted by molar-refractivity contribution is -0.137. The Morgan fingerprint density at radius 1 is 1.34 bits per heavy atom. The number of hydroxylamine groups is 1. The molecule has 1 aliphatic carbocycles. The molecule has 1 aromatic carbocycles. The van der Waals surface area contributed by atoms with Crippen LogP contribution in [0, 0.1) is 11.8 Å². The van der Waals surface area contributed by atoms with E-state index in [1.807, 2.05) is 25.1 Å². The molecule has 3 aromatic rings. The highest BCUT2D eigenvalue weighted by Crippen LogP contribution is 2.38. The summed E-state index contributed by atoms with van der Waals surface area (Å²) in [5.41, 5.74) is 5.23. The number of H-pyrrole nitrogens is 1. The van der Waals surface area contributed by atoms with Crippen molar-refractivity contribution >= 4 is 16.9 Å². The van der Waals surface area contributed by atoms with Gasteiger partial charge in [-0.25, -0.2) is 10.5 Å². The summed E-state index contributed by atoms with van der Waals surface area (Å²) < 4.78 is 7.41. The second-order valence-electron chi connectivity index (χ2n) is 8.41. The third-order valence-corrected chi connectivity index (χ3v) is 6.09. The Kier molecular flexibility index (Phi) is 6.27. The number of benzene rings is 1. The lowest BCUT2D eigenvalue weighted by Crippen LogP contribution is -2.38. The number of hydrogen-bond acceptors (Lipinski definition) is 6. The zero-order valence-electron chi connectivity index (χ0n) is 18.6. The number of nitrogens with zero attached hydrogens (tertiary/aromatic N) is 3. The molecule has 0 aliphatic heterocycles. The Hall–Kier alpha value is -3.20. The van der Waals surface area contributed by atoms with Crippen molar-refractivity contribution < 1.29 is 14.7 Å². The van der Waals surface area contributed by atoms with Gasteiger partial charge in [-0.15, -0.1) is 0 Å². The van der Waals surface area contributed by atoms with E-state index >= 15 is 0 Å². The zero-order chi connectivity index (χ0) is 22.8. The SMILES string of the molecule is CCCc1nn(C)c2c(=O)[nH]c(-c3cc(C[C@H]4C[C@H](C(=O)NO)C4)ccc3OCC)nc12. The molecule has 4 rings (SSSR count). The summed E-state index contributed by atoms with van der Waals surface area (Å²) in [4.78, 5) is 32.1. The fraction of sp³-hybridized carbons (Fsp3) is 0.478. The number of hydrogen-bond donors (Lipinski definition) is 3. The minimum atomic E-state index is -0.317. The third-order valence-electron chi connectivity index (χ3n) is 6.09. The van der Waals surface area contributed by atoms with Crippen molar-refractivity contribution in [3.8, 4) is 17.1 Å². The molecule has 0 radical (unpaired) electrons. The molecule has 0 saturated heterocycles. The first kappa shape index (κ1) is 22.0. The van der Waals surface area contributed by atoms with Crippen LogP contribution < -0.4 is 15.8 Å². The van der Waals surface area contributed by atoms with Gasteiger partial charge in [0.2, 0.25) is 5.91 Å². The first-order valence-electron chi connectivity index (χ1n) is 11.1. The van der Waals surface area contributed by atoms with Crippen molar-refractivity contribution in [2.75, 3.05) is 6.61 Å². The molecule has 2 aromatic heterocycles. The molecule has 0 spiro atoms. The van der Waals surface area contributed by atoms with Crippen LogP contribution in [0.1, 0.15) is 44.4 Å². The van der Waals surface area contributed by atoms with Gasteiger partial charge in [0, 0.05) is 13.0 Å². The van der Waals surface area contributed by atoms with E-state index in [0.29, 0.717) is 35.1 Å². The molecule has 0 atom stereocenters. The van der Waals surface area contributed by atoms with E-state index in [1.165, 1.54) is 0 Å². The van der Waals surface area contributed by atoms with Crippen LogP contribution in [0.4, 0.5) is 0 Å². The number of ether oxygens (including phenoxy) is 1. The summed E-state index contributed by atoms with van der Waals surface area (Å²) in [6.45, 7) is 4.48. The largest absolute Gasteiger partial charge is 0.493 e. The average Bonchev–Trinajstić information content (AvgIpc) is 3.07.